The summed E-state index contributed by atoms with van der Waals surface area (Å²) in [5.41, 5.74) is 2.18. The topological polar surface area (TPSA) is 45.7 Å². The smallest absolute Gasteiger partial charge is 0.191 e. The predicted molar refractivity (Wildman–Crippen MR) is 95.9 cm³/mol. The molecule has 0 radical (unpaired) electrons. The van der Waals surface area contributed by atoms with Gasteiger partial charge in [-0.3, -0.25) is 0 Å². The molecule has 5 heteroatoms. The normalized spacial score (nSPS) is 11.2. The van der Waals surface area contributed by atoms with Crippen molar-refractivity contribution >= 4 is 5.96 Å². The fourth-order valence-corrected chi connectivity index (χ4v) is 2.26. The second-order valence-corrected chi connectivity index (χ2v) is 5.35. The molecular weight excluding hydrogens is 305 g/mol. The van der Waals surface area contributed by atoms with Crippen LogP contribution in [0.15, 0.2) is 53.5 Å². The van der Waals surface area contributed by atoms with E-state index in [9.17, 15) is 4.39 Å². The van der Waals surface area contributed by atoms with Gasteiger partial charge in [0.2, 0.25) is 0 Å². The van der Waals surface area contributed by atoms with E-state index < -0.39 is 0 Å². The SMILES string of the molecule is CCNC(=NCc1cccc(OC)c1)NCCc1ccc(F)cc1. The van der Waals surface area contributed by atoms with Gasteiger partial charge in [0.1, 0.15) is 11.6 Å². The predicted octanol–water partition coefficient (Wildman–Crippen LogP) is 3.13. The summed E-state index contributed by atoms with van der Waals surface area (Å²) in [4.78, 5) is 4.58. The van der Waals surface area contributed by atoms with Crippen LogP contribution < -0.4 is 15.4 Å². The number of ether oxygens (including phenoxy) is 1. The largest absolute Gasteiger partial charge is 0.497 e. The van der Waals surface area contributed by atoms with Crippen molar-refractivity contribution in [2.45, 2.75) is 19.9 Å². The quantitative estimate of drug-likeness (QED) is 0.606. The Labute approximate surface area is 142 Å². The lowest BCUT2D eigenvalue weighted by atomic mass is 10.1. The second kappa shape index (κ2) is 9.55. The Morgan fingerprint density at radius 3 is 2.58 bits per heavy atom. The summed E-state index contributed by atoms with van der Waals surface area (Å²) in [6.45, 7) is 4.13. The van der Waals surface area contributed by atoms with Gasteiger partial charge in [-0.25, -0.2) is 9.38 Å². The molecule has 0 aromatic heterocycles. The van der Waals surface area contributed by atoms with Crippen LogP contribution in [-0.2, 0) is 13.0 Å². The van der Waals surface area contributed by atoms with Gasteiger partial charge in [-0.05, 0) is 48.7 Å². The zero-order valence-corrected chi connectivity index (χ0v) is 14.2. The van der Waals surface area contributed by atoms with Crippen molar-refractivity contribution in [1.29, 1.82) is 0 Å². The van der Waals surface area contributed by atoms with E-state index in [4.69, 9.17) is 4.74 Å². The number of halogens is 1. The van der Waals surface area contributed by atoms with Crippen molar-refractivity contribution in [3.63, 3.8) is 0 Å². The summed E-state index contributed by atoms with van der Waals surface area (Å²) >= 11 is 0. The summed E-state index contributed by atoms with van der Waals surface area (Å²) in [5.74, 6) is 1.39. The molecule has 2 aromatic rings. The van der Waals surface area contributed by atoms with Crippen LogP contribution in [0.2, 0.25) is 0 Å². The summed E-state index contributed by atoms with van der Waals surface area (Å²) in [6.07, 6.45) is 0.809. The van der Waals surface area contributed by atoms with Crippen LogP contribution >= 0.6 is 0 Å². The van der Waals surface area contributed by atoms with E-state index in [2.05, 4.69) is 15.6 Å². The average molecular weight is 329 g/mol. The van der Waals surface area contributed by atoms with E-state index in [1.165, 1.54) is 12.1 Å². The van der Waals surface area contributed by atoms with Crippen LogP contribution in [0.1, 0.15) is 18.1 Å². The molecule has 0 saturated carbocycles. The van der Waals surface area contributed by atoms with Crippen molar-refractivity contribution in [2.75, 3.05) is 20.2 Å². The highest BCUT2D eigenvalue weighted by molar-refractivity contribution is 5.79. The Hall–Kier alpha value is -2.56. The minimum Gasteiger partial charge on any atom is -0.497 e. The highest BCUT2D eigenvalue weighted by atomic mass is 19.1. The number of nitrogens with zero attached hydrogens (tertiary/aromatic N) is 1. The Balaban J connectivity index is 1.88. The molecule has 0 atom stereocenters. The second-order valence-electron chi connectivity index (χ2n) is 5.35. The summed E-state index contributed by atoms with van der Waals surface area (Å²) < 4.78 is 18.1. The average Bonchev–Trinajstić information content (AvgIpc) is 2.61. The number of hydrogen-bond donors (Lipinski definition) is 2. The first-order chi connectivity index (χ1) is 11.7. The highest BCUT2D eigenvalue weighted by Crippen LogP contribution is 2.13. The van der Waals surface area contributed by atoms with Gasteiger partial charge in [0.25, 0.3) is 0 Å². The number of guanidine groups is 1. The van der Waals surface area contributed by atoms with Gasteiger partial charge in [0, 0.05) is 13.1 Å². The molecule has 0 amide bonds. The number of hydrogen-bond acceptors (Lipinski definition) is 2. The number of rotatable bonds is 7. The Kier molecular flexibility index (Phi) is 7.08. The molecule has 4 nitrogen and oxygen atoms in total. The monoisotopic (exact) mass is 329 g/mol. The van der Waals surface area contributed by atoms with Crippen molar-refractivity contribution < 1.29 is 9.13 Å². The van der Waals surface area contributed by atoms with Gasteiger partial charge >= 0.3 is 0 Å². The lowest BCUT2D eigenvalue weighted by molar-refractivity contribution is 0.414. The lowest BCUT2D eigenvalue weighted by Crippen LogP contribution is -2.38. The number of nitrogens with one attached hydrogen (secondary N) is 2. The Bertz CT molecular complexity index is 656. The third-order valence-corrected chi connectivity index (χ3v) is 3.52. The summed E-state index contributed by atoms with van der Waals surface area (Å²) in [7, 11) is 1.66. The van der Waals surface area contributed by atoms with Gasteiger partial charge in [0.05, 0.1) is 13.7 Å². The van der Waals surface area contributed by atoms with E-state index in [0.717, 1.165) is 42.3 Å². The molecule has 0 unspecified atom stereocenters. The van der Waals surface area contributed by atoms with E-state index in [1.54, 1.807) is 19.2 Å². The maximum absolute atomic E-state index is 12.9. The maximum Gasteiger partial charge on any atom is 0.191 e. The maximum atomic E-state index is 12.9. The lowest BCUT2D eigenvalue weighted by Gasteiger charge is -2.11. The van der Waals surface area contributed by atoms with Crippen LogP contribution in [0.4, 0.5) is 4.39 Å². The third-order valence-electron chi connectivity index (χ3n) is 3.52. The number of benzene rings is 2. The first-order valence-electron chi connectivity index (χ1n) is 8.11. The van der Waals surface area contributed by atoms with E-state index in [1.807, 2.05) is 31.2 Å². The third kappa shape index (κ3) is 5.91. The fourth-order valence-electron chi connectivity index (χ4n) is 2.26. The molecule has 2 aromatic carbocycles. The first kappa shape index (κ1) is 17.8. The standard InChI is InChI=1S/C19H24FN3O/c1-3-21-19(22-12-11-15-7-9-17(20)10-8-15)23-14-16-5-4-6-18(13-16)24-2/h4-10,13H,3,11-12,14H2,1-2H3,(H2,21,22,23). The zero-order valence-electron chi connectivity index (χ0n) is 14.2. The van der Waals surface area contributed by atoms with E-state index in [-0.39, 0.29) is 5.82 Å². The van der Waals surface area contributed by atoms with Crippen LogP contribution in [-0.4, -0.2) is 26.2 Å². The van der Waals surface area contributed by atoms with Crippen molar-refractivity contribution in [3.05, 3.63) is 65.5 Å². The Morgan fingerprint density at radius 1 is 1.08 bits per heavy atom. The first-order valence-corrected chi connectivity index (χ1v) is 8.11. The molecule has 0 saturated heterocycles. The van der Waals surface area contributed by atoms with E-state index >= 15 is 0 Å². The molecule has 24 heavy (non-hydrogen) atoms. The summed E-state index contributed by atoms with van der Waals surface area (Å²) in [5, 5.41) is 6.52. The van der Waals surface area contributed by atoms with Crippen LogP contribution in [0.5, 0.6) is 5.75 Å². The van der Waals surface area contributed by atoms with E-state index in [0.29, 0.717) is 6.54 Å². The van der Waals surface area contributed by atoms with Crippen LogP contribution in [0.3, 0.4) is 0 Å². The van der Waals surface area contributed by atoms with Crippen molar-refractivity contribution in [2.24, 2.45) is 4.99 Å². The Morgan fingerprint density at radius 2 is 1.88 bits per heavy atom. The molecule has 0 aliphatic carbocycles. The van der Waals surface area contributed by atoms with Gasteiger partial charge < -0.3 is 15.4 Å². The minimum atomic E-state index is -0.208. The number of aliphatic imine (C=N–C) groups is 1. The molecule has 0 heterocycles. The van der Waals surface area contributed by atoms with Crippen LogP contribution in [0.25, 0.3) is 0 Å². The molecule has 0 spiro atoms. The molecule has 0 fully saturated rings. The molecule has 0 aliphatic heterocycles. The number of methoxy groups -OCH3 is 1. The molecule has 2 N–H and O–H groups in total. The van der Waals surface area contributed by atoms with Gasteiger partial charge in [-0.2, -0.15) is 0 Å². The molecule has 0 bridgehead atoms. The zero-order chi connectivity index (χ0) is 17.2. The molecule has 128 valence electrons. The molecular formula is C19H24FN3O. The minimum absolute atomic E-state index is 0.208. The van der Waals surface area contributed by atoms with Gasteiger partial charge in [-0.15, -0.1) is 0 Å². The molecule has 0 aliphatic rings. The van der Waals surface area contributed by atoms with Gasteiger partial charge in [0.15, 0.2) is 5.96 Å². The van der Waals surface area contributed by atoms with Crippen molar-refractivity contribution in [3.8, 4) is 5.75 Å². The summed E-state index contributed by atoms with van der Waals surface area (Å²) in [6, 6.07) is 14.4. The molecule has 2 rings (SSSR count). The highest BCUT2D eigenvalue weighted by Gasteiger charge is 2.00. The fraction of sp³-hybridized carbons (Fsp3) is 0.316. The van der Waals surface area contributed by atoms with Crippen LogP contribution in [0, 0.1) is 5.82 Å². The van der Waals surface area contributed by atoms with Crippen molar-refractivity contribution in [1.82, 2.24) is 10.6 Å². The van der Waals surface area contributed by atoms with Gasteiger partial charge in [-0.1, -0.05) is 24.3 Å².